The zero-order valence-electron chi connectivity index (χ0n) is 15.0. The van der Waals surface area contributed by atoms with Crippen LogP contribution < -0.4 is 10.0 Å². The first-order valence-electron chi connectivity index (χ1n) is 8.30. The first-order chi connectivity index (χ1) is 12.4. The largest absolute Gasteiger partial charge is 0.348 e. The fourth-order valence-electron chi connectivity index (χ4n) is 2.28. The summed E-state index contributed by atoms with van der Waals surface area (Å²) < 4.78 is 27.3. The summed E-state index contributed by atoms with van der Waals surface area (Å²) in [4.78, 5) is 18.3. The fraction of sp³-hybridized carbons (Fsp3) is 0.333. The zero-order chi connectivity index (χ0) is 19.0. The van der Waals surface area contributed by atoms with Crippen molar-refractivity contribution >= 4 is 15.9 Å². The number of amides is 1. The maximum Gasteiger partial charge on any atom is 0.251 e. The number of carbonyl (C=O) groups excluding carboxylic acids is 1. The van der Waals surface area contributed by atoms with Crippen LogP contribution in [0.5, 0.6) is 0 Å². The third-order valence-electron chi connectivity index (χ3n) is 3.66. The standard InChI is InChI=1S/C18H24N4O3S/c1-22(2)11-5-10-21-26(24,25)17-8-3-7-16(12-17)18(23)20-14-15-6-4-9-19-13-15/h3-4,6-9,12-13,21H,5,10-11,14H2,1-2H3,(H,20,23). The van der Waals surface area contributed by atoms with Gasteiger partial charge in [-0.15, -0.1) is 0 Å². The first-order valence-corrected chi connectivity index (χ1v) is 9.78. The van der Waals surface area contributed by atoms with Crippen LogP contribution in [0.3, 0.4) is 0 Å². The molecule has 1 aromatic carbocycles. The minimum Gasteiger partial charge on any atom is -0.348 e. The normalized spacial score (nSPS) is 11.5. The molecule has 0 saturated carbocycles. The van der Waals surface area contributed by atoms with E-state index in [-0.39, 0.29) is 10.8 Å². The SMILES string of the molecule is CN(C)CCCNS(=O)(=O)c1cccc(C(=O)NCc2cccnc2)c1. The molecular weight excluding hydrogens is 352 g/mol. The van der Waals surface area contributed by atoms with Crippen LogP contribution in [0, 0.1) is 0 Å². The summed E-state index contributed by atoms with van der Waals surface area (Å²) in [6, 6.07) is 9.65. The van der Waals surface area contributed by atoms with Gasteiger partial charge in [-0.1, -0.05) is 12.1 Å². The molecule has 0 spiro atoms. The van der Waals surface area contributed by atoms with Gasteiger partial charge in [0.2, 0.25) is 10.0 Å². The van der Waals surface area contributed by atoms with E-state index >= 15 is 0 Å². The second-order valence-corrected chi connectivity index (χ2v) is 7.89. The van der Waals surface area contributed by atoms with Crippen LogP contribution >= 0.6 is 0 Å². The molecule has 1 aromatic heterocycles. The van der Waals surface area contributed by atoms with E-state index < -0.39 is 10.0 Å². The van der Waals surface area contributed by atoms with Crippen molar-refractivity contribution in [3.05, 3.63) is 59.9 Å². The summed E-state index contributed by atoms with van der Waals surface area (Å²) in [5, 5.41) is 2.76. The highest BCUT2D eigenvalue weighted by atomic mass is 32.2. The van der Waals surface area contributed by atoms with Crippen molar-refractivity contribution in [1.29, 1.82) is 0 Å². The Labute approximate surface area is 154 Å². The van der Waals surface area contributed by atoms with Crippen molar-refractivity contribution < 1.29 is 13.2 Å². The van der Waals surface area contributed by atoms with Gasteiger partial charge < -0.3 is 10.2 Å². The number of rotatable bonds is 9. The van der Waals surface area contributed by atoms with Gasteiger partial charge in [-0.25, -0.2) is 13.1 Å². The molecule has 0 radical (unpaired) electrons. The van der Waals surface area contributed by atoms with Crippen LogP contribution in [0.2, 0.25) is 0 Å². The summed E-state index contributed by atoms with van der Waals surface area (Å²) in [5.74, 6) is -0.335. The Kier molecular flexibility index (Phi) is 7.26. The number of sulfonamides is 1. The van der Waals surface area contributed by atoms with E-state index in [1.54, 1.807) is 30.6 Å². The average Bonchev–Trinajstić information content (AvgIpc) is 2.64. The molecular formula is C18H24N4O3S. The number of aromatic nitrogens is 1. The minimum atomic E-state index is -3.64. The van der Waals surface area contributed by atoms with Gasteiger partial charge in [0.1, 0.15) is 0 Å². The van der Waals surface area contributed by atoms with Crippen molar-refractivity contribution in [2.24, 2.45) is 0 Å². The Morgan fingerprint density at radius 2 is 2.00 bits per heavy atom. The van der Waals surface area contributed by atoms with E-state index in [4.69, 9.17) is 0 Å². The molecule has 7 nitrogen and oxygen atoms in total. The number of nitrogens with one attached hydrogen (secondary N) is 2. The van der Waals surface area contributed by atoms with Crippen LogP contribution in [0.1, 0.15) is 22.3 Å². The van der Waals surface area contributed by atoms with Gasteiger partial charge in [0.05, 0.1) is 4.90 Å². The van der Waals surface area contributed by atoms with Crippen LogP contribution in [0.4, 0.5) is 0 Å². The molecule has 0 unspecified atom stereocenters. The molecule has 0 aliphatic rings. The van der Waals surface area contributed by atoms with Crippen molar-refractivity contribution in [3.8, 4) is 0 Å². The lowest BCUT2D eigenvalue weighted by atomic mass is 10.2. The highest BCUT2D eigenvalue weighted by molar-refractivity contribution is 7.89. The highest BCUT2D eigenvalue weighted by Gasteiger charge is 2.15. The van der Waals surface area contributed by atoms with Crippen LogP contribution in [0.15, 0.2) is 53.7 Å². The van der Waals surface area contributed by atoms with E-state index in [2.05, 4.69) is 15.0 Å². The quantitative estimate of drug-likeness (QED) is 0.643. The molecule has 0 atom stereocenters. The van der Waals surface area contributed by atoms with Crippen LogP contribution in [0.25, 0.3) is 0 Å². The highest BCUT2D eigenvalue weighted by Crippen LogP contribution is 2.12. The van der Waals surface area contributed by atoms with Crippen molar-refractivity contribution in [2.45, 2.75) is 17.9 Å². The first kappa shape index (κ1) is 20.0. The number of pyridine rings is 1. The molecule has 0 aliphatic heterocycles. The Bertz CT molecular complexity index is 823. The molecule has 26 heavy (non-hydrogen) atoms. The molecule has 0 bridgehead atoms. The summed E-state index contributed by atoms with van der Waals surface area (Å²) >= 11 is 0. The number of hydrogen-bond acceptors (Lipinski definition) is 5. The molecule has 2 N–H and O–H groups in total. The fourth-order valence-corrected chi connectivity index (χ4v) is 3.40. The maximum absolute atomic E-state index is 12.4. The lowest BCUT2D eigenvalue weighted by Gasteiger charge is -2.11. The summed E-state index contributed by atoms with van der Waals surface area (Å²) in [7, 11) is 0.225. The summed E-state index contributed by atoms with van der Waals surface area (Å²) in [6.07, 6.45) is 4.03. The van der Waals surface area contributed by atoms with Gasteiger partial charge in [-0.05, 0) is 56.9 Å². The number of benzene rings is 1. The monoisotopic (exact) mass is 376 g/mol. The minimum absolute atomic E-state index is 0.0800. The molecule has 0 saturated heterocycles. The third-order valence-corrected chi connectivity index (χ3v) is 5.12. The van der Waals surface area contributed by atoms with Crippen molar-refractivity contribution in [1.82, 2.24) is 19.9 Å². The zero-order valence-corrected chi connectivity index (χ0v) is 15.8. The smallest absolute Gasteiger partial charge is 0.251 e. The average molecular weight is 376 g/mol. The van der Waals surface area contributed by atoms with E-state index in [0.717, 1.165) is 12.1 Å². The summed E-state index contributed by atoms with van der Waals surface area (Å²) in [5.41, 5.74) is 1.16. The molecule has 2 aromatic rings. The second-order valence-electron chi connectivity index (χ2n) is 6.13. The predicted molar refractivity (Wildman–Crippen MR) is 100 cm³/mol. The van der Waals surface area contributed by atoms with Gasteiger partial charge in [0.15, 0.2) is 0 Å². The predicted octanol–water partition coefficient (Wildman–Crippen LogP) is 1.24. The number of nitrogens with zero attached hydrogens (tertiary/aromatic N) is 2. The van der Waals surface area contributed by atoms with Crippen LogP contribution in [-0.4, -0.2) is 51.4 Å². The van der Waals surface area contributed by atoms with Crippen LogP contribution in [-0.2, 0) is 16.6 Å². The van der Waals surface area contributed by atoms with Gasteiger partial charge >= 0.3 is 0 Å². The second kappa shape index (κ2) is 9.42. The lowest BCUT2D eigenvalue weighted by Crippen LogP contribution is -2.28. The van der Waals surface area contributed by atoms with Crippen molar-refractivity contribution in [2.75, 3.05) is 27.2 Å². The topological polar surface area (TPSA) is 91.4 Å². The Balaban J connectivity index is 1.98. The number of hydrogen-bond donors (Lipinski definition) is 2. The molecule has 0 fully saturated rings. The maximum atomic E-state index is 12.4. The Morgan fingerprint density at radius 1 is 1.19 bits per heavy atom. The van der Waals surface area contributed by atoms with Gasteiger partial charge in [0.25, 0.3) is 5.91 Å². The molecule has 0 aliphatic carbocycles. The molecule has 2 rings (SSSR count). The van der Waals surface area contributed by atoms with E-state index in [0.29, 0.717) is 25.1 Å². The van der Waals surface area contributed by atoms with Gasteiger partial charge in [-0.3, -0.25) is 9.78 Å². The molecule has 140 valence electrons. The summed E-state index contributed by atoms with van der Waals surface area (Å²) in [6.45, 7) is 1.46. The molecule has 1 heterocycles. The van der Waals surface area contributed by atoms with Gasteiger partial charge in [-0.2, -0.15) is 0 Å². The molecule has 8 heteroatoms. The van der Waals surface area contributed by atoms with E-state index in [1.807, 2.05) is 25.1 Å². The third kappa shape index (κ3) is 6.21. The van der Waals surface area contributed by atoms with Gasteiger partial charge in [0, 0.05) is 31.0 Å². The Morgan fingerprint density at radius 3 is 2.69 bits per heavy atom. The molecule has 1 amide bonds. The lowest BCUT2D eigenvalue weighted by molar-refractivity contribution is 0.0950. The van der Waals surface area contributed by atoms with E-state index in [1.165, 1.54) is 12.1 Å². The number of carbonyl (C=O) groups is 1. The van der Waals surface area contributed by atoms with Crippen molar-refractivity contribution in [3.63, 3.8) is 0 Å². The van der Waals surface area contributed by atoms with E-state index in [9.17, 15) is 13.2 Å². The Hall–Kier alpha value is -2.29.